The van der Waals surface area contributed by atoms with Gasteiger partial charge in [0, 0.05) is 20.5 Å². The molecule has 1 aromatic heterocycles. The van der Waals surface area contributed by atoms with Gasteiger partial charge in [0.15, 0.2) is 0 Å². The first-order valence-corrected chi connectivity index (χ1v) is 11.5. The van der Waals surface area contributed by atoms with Gasteiger partial charge in [-0.3, -0.25) is 0 Å². The van der Waals surface area contributed by atoms with Gasteiger partial charge in [-0.15, -0.1) is 11.3 Å². The van der Waals surface area contributed by atoms with Gasteiger partial charge < -0.3 is 9.47 Å². The average molecular weight is 437 g/mol. The van der Waals surface area contributed by atoms with Crippen LogP contribution in [0.3, 0.4) is 0 Å². The van der Waals surface area contributed by atoms with Gasteiger partial charge in [-0.25, -0.2) is 0 Å². The van der Waals surface area contributed by atoms with Crippen molar-refractivity contribution < 1.29 is 9.47 Å². The Kier molecular flexibility index (Phi) is 5.66. The summed E-state index contributed by atoms with van der Waals surface area (Å²) in [6, 6.07) is 33.8. The second-order valence-electron chi connectivity index (χ2n) is 7.83. The zero-order valence-corrected chi connectivity index (χ0v) is 19.0. The van der Waals surface area contributed by atoms with E-state index >= 15 is 0 Å². The van der Waals surface area contributed by atoms with E-state index in [1.807, 2.05) is 23.5 Å². The molecule has 0 saturated carbocycles. The zero-order chi connectivity index (χ0) is 21.9. The minimum atomic E-state index is 0.566. The largest absolute Gasteiger partial charge is 0.497 e. The molecule has 0 aliphatic carbocycles. The van der Waals surface area contributed by atoms with E-state index < -0.39 is 0 Å². The third-order valence-electron chi connectivity index (χ3n) is 5.60. The van der Waals surface area contributed by atoms with Gasteiger partial charge in [-0.05, 0) is 53.9 Å². The van der Waals surface area contributed by atoms with Gasteiger partial charge in [0.1, 0.15) is 18.1 Å². The Hall–Kier alpha value is -3.56. The first kappa shape index (κ1) is 20.3. The summed E-state index contributed by atoms with van der Waals surface area (Å²) in [6.07, 6.45) is 0. The molecular formula is C29H24O2S. The molecule has 0 N–H and O–H groups in total. The lowest BCUT2D eigenvalue weighted by molar-refractivity contribution is 0.306. The van der Waals surface area contributed by atoms with Crippen LogP contribution in [0.5, 0.6) is 11.5 Å². The summed E-state index contributed by atoms with van der Waals surface area (Å²) in [5, 5.41) is 1.27. The zero-order valence-electron chi connectivity index (χ0n) is 18.2. The minimum absolute atomic E-state index is 0.566. The molecule has 0 unspecified atom stereocenters. The van der Waals surface area contributed by atoms with E-state index in [1.165, 1.54) is 42.8 Å². The topological polar surface area (TPSA) is 18.5 Å². The molecule has 32 heavy (non-hydrogen) atoms. The van der Waals surface area contributed by atoms with Crippen LogP contribution in [0.2, 0.25) is 0 Å². The number of thiophene rings is 1. The van der Waals surface area contributed by atoms with Crippen LogP contribution >= 0.6 is 11.3 Å². The summed E-state index contributed by atoms with van der Waals surface area (Å²) in [5.41, 5.74) is 6.03. The van der Waals surface area contributed by atoms with Crippen LogP contribution in [-0.2, 0) is 6.61 Å². The molecule has 3 heteroatoms. The van der Waals surface area contributed by atoms with Crippen LogP contribution in [0.1, 0.15) is 11.1 Å². The van der Waals surface area contributed by atoms with Crippen LogP contribution in [0, 0.1) is 6.92 Å². The fourth-order valence-corrected chi connectivity index (χ4v) is 5.09. The third kappa shape index (κ3) is 4.12. The summed E-state index contributed by atoms with van der Waals surface area (Å²) >= 11 is 1.82. The number of benzene rings is 4. The number of fused-ring (bicyclic) bond motifs is 1. The number of rotatable bonds is 6. The molecule has 0 atom stereocenters. The lowest BCUT2D eigenvalue weighted by Crippen LogP contribution is -1.95. The molecule has 1 heterocycles. The highest BCUT2D eigenvalue weighted by Crippen LogP contribution is 2.45. The Balaban J connectivity index is 1.49. The molecule has 5 rings (SSSR count). The quantitative estimate of drug-likeness (QED) is 0.267. The monoisotopic (exact) mass is 436 g/mol. The van der Waals surface area contributed by atoms with E-state index in [1.54, 1.807) is 7.11 Å². The molecule has 0 aliphatic rings. The SMILES string of the molecule is COc1cccc(-c2sc3ccccc3c2-c2ccc(OCc3ccc(C)cc3)cc2)c1. The van der Waals surface area contributed by atoms with Crippen LogP contribution < -0.4 is 9.47 Å². The molecule has 158 valence electrons. The second-order valence-corrected chi connectivity index (χ2v) is 8.89. The molecule has 4 aromatic carbocycles. The maximum atomic E-state index is 6.02. The van der Waals surface area contributed by atoms with Gasteiger partial charge in [-0.2, -0.15) is 0 Å². The van der Waals surface area contributed by atoms with Crippen LogP contribution in [0.15, 0.2) is 97.1 Å². The van der Waals surface area contributed by atoms with Crippen molar-refractivity contribution >= 4 is 21.4 Å². The summed E-state index contributed by atoms with van der Waals surface area (Å²) in [6.45, 7) is 2.66. The summed E-state index contributed by atoms with van der Waals surface area (Å²) in [4.78, 5) is 1.25. The number of methoxy groups -OCH3 is 1. The van der Waals surface area contributed by atoms with Gasteiger partial charge in [0.2, 0.25) is 0 Å². The fraction of sp³-hybridized carbons (Fsp3) is 0.103. The maximum absolute atomic E-state index is 6.02. The highest BCUT2D eigenvalue weighted by molar-refractivity contribution is 7.23. The molecule has 5 aromatic rings. The van der Waals surface area contributed by atoms with Crippen molar-refractivity contribution in [2.45, 2.75) is 13.5 Å². The lowest BCUT2D eigenvalue weighted by Gasteiger charge is -2.10. The van der Waals surface area contributed by atoms with Crippen LogP contribution in [0.25, 0.3) is 31.7 Å². The van der Waals surface area contributed by atoms with E-state index in [2.05, 4.69) is 91.9 Å². The highest BCUT2D eigenvalue weighted by Gasteiger charge is 2.16. The Labute approximate surface area is 192 Å². The molecule has 0 fully saturated rings. The smallest absolute Gasteiger partial charge is 0.119 e. The van der Waals surface area contributed by atoms with E-state index in [-0.39, 0.29) is 0 Å². The predicted molar refractivity (Wildman–Crippen MR) is 135 cm³/mol. The molecule has 0 aliphatic heterocycles. The Bertz CT molecular complexity index is 1350. The van der Waals surface area contributed by atoms with E-state index in [0.29, 0.717) is 6.61 Å². The lowest BCUT2D eigenvalue weighted by atomic mass is 9.98. The van der Waals surface area contributed by atoms with Crippen molar-refractivity contribution in [2.75, 3.05) is 7.11 Å². The van der Waals surface area contributed by atoms with Gasteiger partial charge >= 0.3 is 0 Å². The van der Waals surface area contributed by atoms with Gasteiger partial charge in [0.25, 0.3) is 0 Å². The Morgan fingerprint density at radius 2 is 1.50 bits per heavy atom. The highest BCUT2D eigenvalue weighted by atomic mass is 32.1. The predicted octanol–water partition coefficient (Wildman–Crippen LogP) is 8.13. The first-order chi connectivity index (χ1) is 15.7. The first-order valence-electron chi connectivity index (χ1n) is 10.7. The molecule has 2 nitrogen and oxygen atoms in total. The van der Waals surface area contributed by atoms with Gasteiger partial charge in [-0.1, -0.05) is 72.3 Å². The maximum Gasteiger partial charge on any atom is 0.119 e. The van der Waals surface area contributed by atoms with Crippen molar-refractivity contribution in [2.24, 2.45) is 0 Å². The van der Waals surface area contributed by atoms with Crippen LogP contribution in [0.4, 0.5) is 0 Å². The molecule has 0 radical (unpaired) electrons. The van der Waals surface area contributed by atoms with E-state index in [0.717, 1.165) is 11.5 Å². The number of aryl methyl sites for hydroxylation is 1. The molecular weight excluding hydrogens is 412 g/mol. The van der Waals surface area contributed by atoms with Crippen molar-refractivity contribution in [3.05, 3.63) is 108 Å². The van der Waals surface area contributed by atoms with Crippen molar-refractivity contribution in [1.29, 1.82) is 0 Å². The molecule has 0 bridgehead atoms. The minimum Gasteiger partial charge on any atom is -0.497 e. The summed E-state index contributed by atoms with van der Waals surface area (Å²) in [7, 11) is 1.71. The second kappa shape index (κ2) is 8.89. The standard InChI is InChI=1S/C29H24O2S/c1-20-10-12-21(13-11-20)19-31-24-16-14-22(15-17-24)28-26-8-3-4-9-27(26)32-29(28)23-6-5-7-25(18-23)30-2/h3-18H,19H2,1-2H3. The summed E-state index contributed by atoms with van der Waals surface area (Å²) < 4.78 is 12.8. The number of hydrogen-bond donors (Lipinski definition) is 0. The third-order valence-corrected chi connectivity index (χ3v) is 6.82. The molecule has 0 spiro atoms. The average Bonchev–Trinajstić information content (AvgIpc) is 3.24. The van der Waals surface area contributed by atoms with Gasteiger partial charge in [0.05, 0.1) is 7.11 Å². The van der Waals surface area contributed by atoms with Crippen molar-refractivity contribution in [3.8, 4) is 33.1 Å². The normalized spacial score (nSPS) is 10.9. The van der Waals surface area contributed by atoms with Crippen molar-refractivity contribution in [1.82, 2.24) is 0 Å². The number of ether oxygens (including phenoxy) is 2. The number of hydrogen-bond acceptors (Lipinski definition) is 3. The Morgan fingerprint density at radius 1 is 0.719 bits per heavy atom. The van der Waals surface area contributed by atoms with E-state index in [9.17, 15) is 0 Å². The molecule has 0 amide bonds. The fourth-order valence-electron chi connectivity index (χ4n) is 3.87. The summed E-state index contributed by atoms with van der Waals surface area (Å²) in [5.74, 6) is 1.74. The Morgan fingerprint density at radius 3 is 2.28 bits per heavy atom. The van der Waals surface area contributed by atoms with Crippen molar-refractivity contribution in [3.63, 3.8) is 0 Å². The van der Waals surface area contributed by atoms with Crippen LogP contribution in [-0.4, -0.2) is 7.11 Å². The van der Waals surface area contributed by atoms with E-state index in [4.69, 9.17) is 9.47 Å². The molecule has 0 saturated heterocycles.